The number of hydrogen-bond acceptors (Lipinski definition) is 5. The van der Waals surface area contributed by atoms with Crippen LogP contribution >= 0.6 is 24.0 Å². The van der Waals surface area contributed by atoms with E-state index in [0.717, 1.165) is 61.3 Å². The maximum atomic E-state index is 5.77. The van der Waals surface area contributed by atoms with Crippen molar-refractivity contribution in [2.24, 2.45) is 4.99 Å². The topological polar surface area (TPSA) is 77.2 Å². The summed E-state index contributed by atoms with van der Waals surface area (Å²) in [6.45, 7) is 6.18. The Labute approximate surface area is 189 Å². The lowest BCUT2D eigenvalue weighted by Crippen LogP contribution is -2.32. The highest BCUT2D eigenvalue weighted by Gasteiger charge is 2.11. The normalized spacial score (nSPS) is 13.3. The summed E-state index contributed by atoms with van der Waals surface area (Å²) in [4.78, 5) is 4.65. The molecule has 2 heterocycles. The van der Waals surface area contributed by atoms with Crippen LogP contribution < -0.4 is 20.1 Å². The fourth-order valence-electron chi connectivity index (χ4n) is 2.78. The van der Waals surface area contributed by atoms with Crippen LogP contribution in [0.15, 0.2) is 46.0 Å². The summed E-state index contributed by atoms with van der Waals surface area (Å²) < 4.78 is 22.2. The molecule has 0 bridgehead atoms. The summed E-state index contributed by atoms with van der Waals surface area (Å²) in [6.07, 6.45) is 4.24. The first kappa shape index (κ1) is 23.3. The molecule has 0 amide bonds. The van der Waals surface area contributed by atoms with Gasteiger partial charge in [0.05, 0.1) is 19.5 Å². The average Bonchev–Trinajstić information content (AvgIpc) is 3.11. The van der Waals surface area contributed by atoms with E-state index in [0.29, 0.717) is 26.4 Å². The van der Waals surface area contributed by atoms with Crippen molar-refractivity contribution >= 4 is 35.6 Å². The molecule has 1 aliphatic heterocycles. The molecule has 3 rings (SSSR count). The largest absolute Gasteiger partial charge is 0.490 e. The molecule has 1 aliphatic rings. The number of furan rings is 1. The lowest BCUT2D eigenvalue weighted by atomic mass is 10.2. The second kappa shape index (κ2) is 13.3. The Kier molecular flexibility index (Phi) is 10.7. The fourth-order valence-corrected chi connectivity index (χ4v) is 2.78. The summed E-state index contributed by atoms with van der Waals surface area (Å²) >= 11 is 0. The molecule has 7 nitrogen and oxygen atoms in total. The van der Waals surface area contributed by atoms with Crippen molar-refractivity contribution in [1.29, 1.82) is 0 Å². The minimum absolute atomic E-state index is 0. The van der Waals surface area contributed by atoms with Gasteiger partial charge in [-0.2, -0.15) is 0 Å². The van der Waals surface area contributed by atoms with E-state index < -0.39 is 0 Å². The zero-order valence-electron chi connectivity index (χ0n) is 16.8. The van der Waals surface area contributed by atoms with Crippen LogP contribution in [0.1, 0.15) is 25.5 Å². The number of benzene rings is 1. The lowest BCUT2D eigenvalue weighted by molar-refractivity contribution is 0.146. The second-order valence-corrected chi connectivity index (χ2v) is 6.37. The number of halogens is 1. The molecule has 1 aromatic heterocycles. The fraction of sp³-hybridized carbons (Fsp3) is 0.476. The van der Waals surface area contributed by atoms with Crippen LogP contribution in [0.3, 0.4) is 0 Å². The number of fused-ring (bicyclic) bond motifs is 1. The minimum Gasteiger partial charge on any atom is -0.490 e. The van der Waals surface area contributed by atoms with Gasteiger partial charge in [0.15, 0.2) is 17.5 Å². The Morgan fingerprint density at radius 2 is 2.03 bits per heavy atom. The van der Waals surface area contributed by atoms with Crippen molar-refractivity contribution in [2.45, 2.75) is 26.2 Å². The summed E-state index contributed by atoms with van der Waals surface area (Å²) in [5.74, 6) is 3.20. The number of rotatable bonds is 9. The third kappa shape index (κ3) is 8.14. The third-order valence-corrected chi connectivity index (χ3v) is 4.18. The van der Waals surface area contributed by atoms with E-state index in [4.69, 9.17) is 18.6 Å². The predicted octanol–water partition coefficient (Wildman–Crippen LogP) is 4.09. The van der Waals surface area contributed by atoms with Gasteiger partial charge >= 0.3 is 0 Å². The summed E-state index contributed by atoms with van der Waals surface area (Å²) in [5, 5.41) is 6.71. The molecular formula is C21H30IN3O4. The van der Waals surface area contributed by atoms with Crippen molar-refractivity contribution in [2.75, 3.05) is 44.8 Å². The Hall–Kier alpha value is -1.94. The average molecular weight is 515 g/mol. The molecule has 0 atom stereocenters. The molecule has 29 heavy (non-hydrogen) atoms. The molecule has 0 spiro atoms. The van der Waals surface area contributed by atoms with Gasteiger partial charge in [-0.15, -0.1) is 24.0 Å². The van der Waals surface area contributed by atoms with E-state index in [1.807, 2.05) is 37.3 Å². The van der Waals surface area contributed by atoms with Gasteiger partial charge in [0, 0.05) is 50.9 Å². The van der Waals surface area contributed by atoms with Crippen LogP contribution in [0.4, 0.5) is 5.69 Å². The second-order valence-electron chi connectivity index (χ2n) is 6.37. The van der Waals surface area contributed by atoms with Gasteiger partial charge in [0.2, 0.25) is 0 Å². The molecule has 2 aromatic rings. The van der Waals surface area contributed by atoms with Crippen LogP contribution in [0, 0.1) is 0 Å². The Morgan fingerprint density at radius 3 is 2.83 bits per heavy atom. The zero-order valence-corrected chi connectivity index (χ0v) is 19.1. The molecular weight excluding hydrogens is 485 g/mol. The van der Waals surface area contributed by atoms with Gasteiger partial charge in [-0.1, -0.05) is 0 Å². The number of hydrogen-bond donors (Lipinski definition) is 2. The summed E-state index contributed by atoms with van der Waals surface area (Å²) in [7, 11) is 0. The van der Waals surface area contributed by atoms with Gasteiger partial charge in [0.1, 0.15) is 5.76 Å². The number of nitrogens with one attached hydrogen (secondary N) is 2. The van der Waals surface area contributed by atoms with Crippen molar-refractivity contribution in [3.05, 3.63) is 42.4 Å². The highest BCUT2D eigenvalue weighted by atomic mass is 127. The number of anilines is 1. The van der Waals surface area contributed by atoms with Gasteiger partial charge in [-0.05, 0) is 37.6 Å². The first-order valence-corrected chi connectivity index (χ1v) is 9.90. The third-order valence-electron chi connectivity index (χ3n) is 4.18. The summed E-state index contributed by atoms with van der Waals surface area (Å²) in [5.41, 5.74) is 0.901. The zero-order chi connectivity index (χ0) is 19.4. The number of ether oxygens (including phenoxy) is 3. The van der Waals surface area contributed by atoms with E-state index in [1.165, 1.54) is 0 Å². The molecule has 8 heteroatoms. The highest BCUT2D eigenvalue weighted by Crippen LogP contribution is 2.32. The number of guanidine groups is 1. The van der Waals surface area contributed by atoms with Crippen LogP contribution in [-0.2, 0) is 11.2 Å². The molecule has 0 radical (unpaired) electrons. The van der Waals surface area contributed by atoms with E-state index in [-0.39, 0.29) is 24.0 Å². The molecule has 160 valence electrons. The molecule has 2 N–H and O–H groups in total. The van der Waals surface area contributed by atoms with E-state index in [9.17, 15) is 0 Å². The van der Waals surface area contributed by atoms with Crippen molar-refractivity contribution < 1.29 is 18.6 Å². The Balaban J connectivity index is 0.00000300. The molecule has 1 aromatic carbocycles. The molecule has 0 aliphatic carbocycles. The molecule has 0 saturated heterocycles. The van der Waals surface area contributed by atoms with Crippen LogP contribution in [0.5, 0.6) is 11.5 Å². The van der Waals surface area contributed by atoms with Crippen molar-refractivity contribution in [1.82, 2.24) is 5.32 Å². The van der Waals surface area contributed by atoms with Crippen LogP contribution in [-0.4, -0.2) is 45.5 Å². The van der Waals surface area contributed by atoms with Crippen LogP contribution in [0.2, 0.25) is 0 Å². The van der Waals surface area contributed by atoms with Crippen molar-refractivity contribution in [3.63, 3.8) is 0 Å². The number of aliphatic imine (C=N–C) groups is 1. The molecule has 0 fully saturated rings. The highest BCUT2D eigenvalue weighted by molar-refractivity contribution is 14.0. The van der Waals surface area contributed by atoms with E-state index in [1.54, 1.807) is 6.26 Å². The number of nitrogens with zero attached hydrogens (tertiary/aromatic N) is 1. The van der Waals surface area contributed by atoms with Gasteiger partial charge in [0.25, 0.3) is 0 Å². The first-order chi connectivity index (χ1) is 13.8. The quantitative estimate of drug-likeness (QED) is 0.227. The smallest absolute Gasteiger partial charge is 0.195 e. The summed E-state index contributed by atoms with van der Waals surface area (Å²) in [6, 6.07) is 9.71. The SMILES string of the molecule is CCOCCCN=C(NCCc1ccco1)Nc1ccc2c(c1)OCCCO2.I. The Morgan fingerprint density at radius 1 is 1.17 bits per heavy atom. The predicted molar refractivity (Wildman–Crippen MR) is 125 cm³/mol. The van der Waals surface area contributed by atoms with Gasteiger partial charge in [-0.3, -0.25) is 4.99 Å². The first-order valence-electron chi connectivity index (χ1n) is 9.90. The van der Waals surface area contributed by atoms with Gasteiger partial charge in [-0.25, -0.2) is 0 Å². The maximum Gasteiger partial charge on any atom is 0.195 e. The van der Waals surface area contributed by atoms with E-state index in [2.05, 4.69) is 15.6 Å². The minimum atomic E-state index is 0. The Bertz CT molecular complexity index is 738. The standard InChI is InChI=1S/C21H29N3O4.HI/c1-2-25-12-4-10-22-21(23-11-9-18-6-3-13-26-18)24-17-7-8-19-20(16-17)28-15-5-14-27-19;/h3,6-8,13,16H,2,4-5,9-12,14-15H2,1H3,(H2,22,23,24);1H. The lowest BCUT2D eigenvalue weighted by Gasteiger charge is -2.14. The molecule has 0 unspecified atom stereocenters. The molecule has 0 saturated carbocycles. The van der Waals surface area contributed by atoms with Crippen molar-refractivity contribution in [3.8, 4) is 11.5 Å². The van der Waals surface area contributed by atoms with Gasteiger partial charge < -0.3 is 29.3 Å². The maximum absolute atomic E-state index is 5.77. The van der Waals surface area contributed by atoms with Crippen LogP contribution in [0.25, 0.3) is 0 Å². The van der Waals surface area contributed by atoms with E-state index >= 15 is 0 Å². The monoisotopic (exact) mass is 515 g/mol.